The fourth-order valence-electron chi connectivity index (χ4n) is 1.91. The topological polar surface area (TPSA) is 58.6 Å². The third-order valence-electron chi connectivity index (χ3n) is 3.02. The quantitative estimate of drug-likeness (QED) is 0.830. The summed E-state index contributed by atoms with van der Waals surface area (Å²) >= 11 is 5.80. The molecule has 2 rings (SSSR count). The average Bonchev–Trinajstić information content (AvgIpc) is 2.54. The first-order valence-electron chi connectivity index (χ1n) is 6.65. The number of aliphatic hydroxyl groups is 1. The molecule has 0 unspecified atom stereocenters. The third-order valence-corrected chi connectivity index (χ3v) is 3.27. The summed E-state index contributed by atoms with van der Waals surface area (Å²) in [4.78, 5) is 11.9. The van der Waals surface area contributed by atoms with Crippen LogP contribution in [0.15, 0.2) is 48.5 Å². The Labute approximate surface area is 134 Å². The van der Waals surface area contributed by atoms with Crippen LogP contribution in [0.2, 0.25) is 5.02 Å². The fourth-order valence-corrected chi connectivity index (χ4v) is 2.04. The predicted octanol–water partition coefficient (Wildman–Crippen LogP) is 3.49. The van der Waals surface area contributed by atoms with Gasteiger partial charge in [0.1, 0.15) is 5.75 Å². The van der Waals surface area contributed by atoms with Gasteiger partial charge in [0.15, 0.2) is 0 Å². The molecule has 0 spiro atoms. The van der Waals surface area contributed by atoms with E-state index in [1.807, 2.05) is 12.1 Å². The van der Waals surface area contributed by atoms with E-state index < -0.39 is 0 Å². The molecule has 0 bridgehead atoms. The predicted molar refractivity (Wildman–Crippen MR) is 88.0 cm³/mol. The summed E-state index contributed by atoms with van der Waals surface area (Å²) in [6.45, 7) is -0.159. The van der Waals surface area contributed by atoms with Gasteiger partial charge in [-0.1, -0.05) is 23.7 Å². The molecule has 0 aliphatic carbocycles. The van der Waals surface area contributed by atoms with Gasteiger partial charge in [0.2, 0.25) is 5.91 Å². The van der Waals surface area contributed by atoms with Crippen molar-refractivity contribution in [3.8, 4) is 5.75 Å². The third kappa shape index (κ3) is 4.35. The second-order valence-corrected chi connectivity index (χ2v) is 5.00. The van der Waals surface area contributed by atoms with E-state index >= 15 is 0 Å². The Hall–Kier alpha value is -2.30. The number of amides is 1. The molecule has 0 fully saturated rings. The average molecular weight is 318 g/mol. The second kappa shape index (κ2) is 7.64. The molecule has 0 aromatic heterocycles. The summed E-state index contributed by atoms with van der Waals surface area (Å²) in [5.74, 6) is 0.321. The van der Waals surface area contributed by atoms with E-state index in [2.05, 4.69) is 5.32 Å². The van der Waals surface area contributed by atoms with Crippen molar-refractivity contribution >= 4 is 29.3 Å². The monoisotopic (exact) mass is 317 g/mol. The van der Waals surface area contributed by atoms with Gasteiger partial charge >= 0.3 is 0 Å². The molecule has 0 radical (unpaired) electrons. The van der Waals surface area contributed by atoms with Gasteiger partial charge < -0.3 is 15.2 Å². The second-order valence-electron chi connectivity index (χ2n) is 4.56. The van der Waals surface area contributed by atoms with Gasteiger partial charge in [-0.2, -0.15) is 0 Å². The molecule has 5 heteroatoms. The van der Waals surface area contributed by atoms with Gasteiger partial charge in [0, 0.05) is 22.3 Å². The lowest BCUT2D eigenvalue weighted by molar-refractivity contribution is -0.111. The molecule has 1 amide bonds. The molecule has 0 heterocycles. The lowest BCUT2D eigenvalue weighted by atomic mass is 10.2. The summed E-state index contributed by atoms with van der Waals surface area (Å²) in [6.07, 6.45) is 3.13. The molecule has 0 aliphatic heterocycles. The molecule has 0 saturated carbocycles. The van der Waals surface area contributed by atoms with E-state index in [1.165, 1.54) is 13.2 Å². The zero-order valence-corrected chi connectivity index (χ0v) is 12.8. The minimum absolute atomic E-state index is 0.159. The number of anilines is 1. The summed E-state index contributed by atoms with van der Waals surface area (Å²) in [6, 6.07) is 12.3. The summed E-state index contributed by atoms with van der Waals surface area (Å²) in [5.41, 5.74) is 2.09. The van der Waals surface area contributed by atoms with Crippen LogP contribution < -0.4 is 10.1 Å². The number of hydrogen-bond acceptors (Lipinski definition) is 3. The SMILES string of the molecule is COc1ccc(NC(=O)/C=C/c2ccc(Cl)cc2)cc1CO. The van der Waals surface area contributed by atoms with Crippen molar-refractivity contribution in [2.24, 2.45) is 0 Å². The maximum absolute atomic E-state index is 11.9. The van der Waals surface area contributed by atoms with E-state index in [0.717, 1.165) is 5.56 Å². The van der Waals surface area contributed by atoms with Crippen LogP contribution in [0.5, 0.6) is 5.75 Å². The zero-order valence-electron chi connectivity index (χ0n) is 12.0. The highest BCUT2D eigenvalue weighted by Gasteiger charge is 2.05. The van der Waals surface area contributed by atoms with E-state index in [1.54, 1.807) is 36.4 Å². The summed E-state index contributed by atoms with van der Waals surface area (Å²) < 4.78 is 5.11. The summed E-state index contributed by atoms with van der Waals surface area (Å²) in [7, 11) is 1.53. The van der Waals surface area contributed by atoms with Gasteiger partial charge in [0.25, 0.3) is 0 Å². The molecular formula is C17H16ClNO3. The van der Waals surface area contributed by atoms with Crippen LogP contribution in [-0.2, 0) is 11.4 Å². The number of nitrogens with one attached hydrogen (secondary N) is 1. The lowest BCUT2D eigenvalue weighted by Crippen LogP contribution is -2.08. The smallest absolute Gasteiger partial charge is 0.248 e. The van der Waals surface area contributed by atoms with E-state index in [0.29, 0.717) is 22.0 Å². The Bertz CT molecular complexity index is 681. The molecule has 2 aromatic carbocycles. The van der Waals surface area contributed by atoms with Crippen LogP contribution >= 0.6 is 11.6 Å². The highest BCUT2D eigenvalue weighted by atomic mass is 35.5. The van der Waals surface area contributed by atoms with E-state index in [4.69, 9.17) is 16.3 Å². The number of aliphatic hydroxyl groups excluding tert-OH is 1. The highest BCUT2D eigenvalue weighted by molar-refractivity contribution is 6.30. The van der Waals surface area contributed by atoms with Crippen LogP contribution in [0, 0.1) is 0 Å². The molecule has 0 saturated heterocycles. The van der Waals surface area contributed by atoms with Gasteiger partial charge in [-0.25, -0.2) is 0 Å². The Kier molecular flexibility index (Phi) is 5.58. The fraction of sp³-hybridized carbons (Fsp3) is 0.118. The largest absolute Gasteiger partial charge is 0.496 e. The normalized spacial score (nSPS) is 10.7. The highest BCUT2D eigenvalue weighted by Crippen LogP contribution is 2.22. The minimum Gasteiger partial charge on any atom is -0.496 e. The van der Waals surface area contributed by atoms with Gasteiger partial charge in [-0.05, 0) is 42.0 Å². The van der Waals surface area contributed by atoms with Crippen molar-refractivity contribution in [3.63, 3.8) is 0 Å². The Balaban J connectivity index is 2.04. The number of rotatable bonds is 5. The number of benzene rings is 2. The van der Waals surface area contributed by atoms with Crippen molar-refractivity contribution in [2.75, 3.05) is 12.4 Å². The number of hydrogen-bond donors (Lipinski definition) is 2. The van der Waals surface area contributed by atoms with Crippen LogP contribution in [0.25, 0.3) is 6.08 Å². The number of ether oxygens (including phenoxy) is 1. The maximum Gasteiger partial charge on any atom is 0.248 e. The van der Waals surface area contributed by atoms with Gasteiger partial charge in [0.05, 0.1) is 13.7 Å². The lowest BCUT2D eigenvalue weighted by Gasteiger charge is -2.09. The van der Waals surface area contributed by atoms with Gasteiger partial charge in [-0.3, -0.25) is 4.79 Å². The van der Waals surface area contributed by atoms with Crippen molar-refractivity contribution in [1.29, 1.82) is 0 Å². The number of carbonyl (C=O) groups is 1. The Morgan fingerprint density at radius 2 is 2.00 bits per heavy atom. The molecule has 2 aromatic rings. The zero-order chi connectivity index (χ0) is 15.9. The van der Waals surface area contributed by atoms with E-state index in [-0.39, 0.29) is 12.5 Å². The molecule has 4 nitrogen and oxygen atoms in total. The van der Waals surface area contributed by atoms with Crippen LogP contribution in [0.1, 0.15) is 11.1 Å². The minimum atomic E-state index is -0.260. The molecule has 2 N–H and O–H groups in total. The molecule has 0 aliphatic rings. The molecule has 0 atom stereocenters. The van der Waals surface area contributed by atoms with Crippen LogP contribution in [-0.4, -0.2) is 18.1 Å². The first-order chi connectivity index (χ1) is 10.6. The molecular weight excluding hydrogens is 302 g/mol. The van der Waals surface area contributed by atoms with Crippen molar-refractivity contribution in [3.05, 3.63) is 64.7 Å². The van der Waals surface area contributed by atoms with Crippen molar-refractivity contribution in [1.82, 2.24) is 0 Å². The summed E-state index contributed by atoms with van der Waals surface area (Å²) in [5, 5.41) is 12.6. The number of carbonyl (C=O) groups excluding carboxylic acids is 1. The molecule has 22 heavy (non-hydrogen) atoms. The number of halogens is 1. The maximum atomic E-state index is 11.9. The first-order valence-corrected chi connectivity index (χ1v) is 7.02. The van der Waals surface area contributed by atoms with Gasteiger partial charge in [-0.15, -0.1) is 0 Å². The standard InChI is InChI=1S/C17H16ClNO3/c1-22-16-8-7-15(10-13(16)11-20)19-17(21)9-4-12-2-5-14(18)6-3-12/h2-10,20H,11H2,1H3,(H,19,21)/b9-4+. The number of methoxy groups -OCH3 is 1. The van der Waals surface area contributed by atoms with Crippen molar-refractivity contribution < 1.29 is 14.6 Å². The Morgan fingerprint density at radius 1 is 1.27 bits per heavy atom. The molecule has 114 valence electrons. The first kappa shape index (κ1) is 16.1. The van der Waals surface area contributed by atoms with E-state index in [9.17, 15) is 9.90 Å². The van der Waals surface area contributed by atoms with Crippen LogP contribution in [0.3, 0.4) is 0 Å². The Morgan fingerprint density at radius 3 is 2.64 bits per heavy atom. The van der Waals surface area contributed by atoms with Crippen LogP contribution in [0.4, 0.5) is 5.69 Å². The van der Waals surface area contributed by atoms with Crippen molar-refractivity contribution in [2.45, 2.75) is 6.61 Å².